The fourth-order valence-electron chi connectivity index (χ4n) is 2.16. The highest BCUT2D eigenvalue weighted by atomic mass is 16.4. The second kappa shape index (κ2) is 5.08. The van der Waals surface area contributed by atoms with Crippen LogP contribution in [0.4, 0.5) is 5.69 Å². The van der Waals surface area contributed by atoms with Crippen molar-refractivity contribution in [2.24, 2.45) is 16.8 Å². The van der Waals surface area contributed by atoms with Crippen LogP contribution in [0.1, 0.15) is 24.5 Å². The van der Waals surface area contributed by atoms with E-state index >= 15 is 0 Å². The third-order valence-corrected chi connectivity index (χ3v) is 3.33. The Morgan fingerprint density at radius 2 is 2.24 bits per heavy atom. The molecule has 0 amide bonds. The molecule has 1 aliphatic carbocycles. The normalized spacial score (nSPS) is 16.6. The van der Waals surface area contributed by atoms with Gasteiger partial charge in [0.05, 0.1) is 0 Å². The maximum absolute atomic E-state index is 8.56. The molecule has 0 saturated carbocycles. The van der Waals surface area contributed by atoms with Gasteiger partial charge in [0.25, 0.3) is 0 Å². The Morgan fingerprint density at radius 3 is 3.00 bits per heavy atom. The van der Waals surface area contributed by atoms with Gasteiger partial charge < -0.3 is 16.3 Å². The number of nitrogens with one attached hydrogen (secondary N) is 1. The van der Waals surface area contributed by atoms with Crippen LogP contribution in [0, 0.1) is 5.92 Å². The average Bonchev–Trinajstić information content (AvgIpc) is 2.82. The third kappa shape index (κ3) is 2.70. The first-order chi connectivity index (χ1) is 8.20. The van der Waals surface area contributed by atoms with Crippen molar-refractivity contribution in [1.29, 1.82) is 0 Å². The maximum Gasteiger partial charge on any atom is 0.143 e. The van der Waals surface area contributed by atoms with Gasteiger partial charge in [0.1, 0.15) is 5.84 Å². The van der Waals surface area contributed by atoms with Gasteiger partial charge in [-0.3, -0.25) is 0 Å². The smallest absolute Gasteiger partial charge is 0.143 e. The summed E-state index contributed by atoms with van der Waals surface area (Å²) in [5, 5.41) is 14.9. The monoisotopic (exact) mass is 233 g/mol. The van der Waals surface area contributed by atoms with Gasteiger partial charge in [-0.05, 0) is 42.5 Å². The Hall–Kier alpha value is -1.71. The Kier molecular flexibility index (Phi) is 3.52. The molecule has 92 valence electrons. The van der Waals surface area contributed by atoms with Gasteiger partial charge in [-0.1, -0.05) is 18.1 Å². The molecule has 4 heteroatoms. The predicted octanol–water partition coefficient (Wildman–Crippen LogP) is 1.97. The van der Waals surface area contributed by atoms with Crippen LogP contribution in [-0.2, 0) is 12.8 Å². The molecule has 1 aromatic rings. The number of rotatable bonds is 4. The van der Waals surface area contributed by atoms with Gasteiger partial charge >= 0.3 is 0 Å². The second-order valence-electron chi connectivity index (χ2n) is 4.64. The minimum absolute atomic E-state index is 0.0215. The van der Waals surface area contributed by atoms with E-state index in [0.717, 1.165) is 5.69 Å². The summed E-state index contributed by atoms with van der Waals surface area (Å²) in [6, 6.07) is 6.50. The molecule has 0 heterocycles. The molecular weight excluding hydrogens is 214 g/mol. The van der Waals surface area contributed by atoms with Gasteiger partial charge in [0, 0.05) is 18.2 Å². The lowest BCUT2D eigenvalue weighted by molar-refractivity contribution is 0.315. The number of nitrogens with zero attached hydrogens (tertiary/aromatic N) is 1. The highest BCUT2D eigenvalue weighted by Gasteiger charge is 2.11. The number of amidine groups is 1. The Labute approximate surface area is 102 Å². The van der Waals surface area contributed by atoms with Crippen LogP contribution < -0.4 is 11.1 Å². The summed E-state index contributed by atoms with van der Waals surface area (Å²) in [6.07, 6.45) is 3.65. The number of oxime groups is 1. The van der Waals surface area contributed by atoms with E-state index in [2.05, 4.69) is 28.7 Å². The summed E-state index contributed by atoms with van der Waals surface area (Å²) >= 11 is 0. The molecule has 1 aromatic carbocycles. The molecule has 0 bridgehead atoms. The van der Waals surface area contributed by atoms with Gasteiger partial charge in [0.2, 0.25) is 0 Å². The summed E-state index contributed by atoms with van der Waals surface area (Å²) in [5.74, 6) is 0.284. The molecule has 1 aliphatic rings. The van der Waals surface area contributed by atoms with Crippen molar-refractivity contribution in [3.05, 3.63) is 29.3 Å². The van der Waals surface area contributed by atoms with Crippen molar-refractivity contribution >= 4 is 11.5 Å². The summed E-state index contributed by atoms with van der Waals surface area (Å²) in [7, 11) is 0. The zero-order valence-electron chi connectivity index (χ0n) is 10.1. The lowest BCUT2D eigenvalue weighted by Crippen LogP contribution is -2.27. The number of nitrogens with two attached hydrogens (primary N) is 1. The van der Waals surface area contributed by atoms with Crippen molar-refractivity contribution in [1.82, 2.24) is 0 Å². The highest BCUT2D eigenvalue weighted by molar-refractivity contribution is 5.82. The molecule has 0 aromatic heterocycles. The number of hydrogen-bond donors (Lipinski definition) is 3. The third-order valence-electron chi connectivity index (χ3n) is 3.33. The lowest BCUT2D eigenvalue weighted by Gasteiger charge is -2.13. The number of benzene rings is 1. The van der Waals surface area contributed by atoms with E-state index in [4.69, 9.17) is 10.9 Å². The molecule has 4 nitrogen and oxygen atoms in total. The van der Waals surface area contributed by atoms with E-state index in [9.17, 15) is 0 Å². The zero-order chi connectivity index (χ0) is 12.3. The van der Waals surface area contributed by atoms with E-state index in [1.54, 1.807) is 0 Å². The Balaban J connectivity index is 1.96. The first-order valence-corrected chi connectivity index (χ1v) is 6.04. The first-order valence-electron chi connectivity index (χ1n) is 6.04. The Morgan fingerprint density at radius 1 is 1.47 bits per heavy atom. The van der Waals surface area contributed by atoms with E-state index < -0.39 is 0 Å². The van der Waals surface area contributed by atoms with Crippen LogP contribution in [0.5, 0.6) is 0 Å². The molecule has 0 spiro atoms. The van der Waals surface area contributed by atoms with Crippen molar-refractivity contribution < 1.29 is 5.21 Å². The fraction of sp³-hybridized carbons (Fsp3) is 0.462. The minimum Gasteiger partial charge on any atom is -0.409 e. The summed E-state index contributed by atoms with van der Waals surface area (Å²) in [6.45, 7) is 2.60. The molecule has 17 heavy (non-hydrogen) atoms. The summed E-state index contributed by atoms with van der Waals surface area (Å²) < 4.78 is 0. The van der Waals surface area contributed by atoms with E-state index in [0.29, 0.717) is 6.54 Å². The van der Waals surface area contributed by atoms with Crippen LogP contribution in [0.15, 0.2) is 23.4 Å². The van der Waals surface area contributed by atoms with Crippen molar-refractivity contribution in [2.45, 2.75) is 26.2 Å². The average molecular weight is 233 g/mol. The van der Waals surface area contributed by atoms with Crippen molar-refractivity contribution in [3.8, 4) is 0 Å². The molecule has 2 rings (SSSR count). The van der Waals surface area contributed by atoms with E-state index in [1.165, 1.54) is 30.4 Å². The standard InChI is InChI=1S/C13H19N3O/c1-9(13(14)16-17)8-15-12-6-5-10-3-2-4-11(10)7-12/h5-7,9,15,17H,2-4,8H2,1H3,(H2,14,16). The van der Waals surface area contributed by atoms with Gasteiger partial charge in [-0.25, -0.2) is 0 Å². The molecular formula is C13H19N3O. The SMILES string of the molecule is CC(CNc1ccc2c(c1)CCC2)C(N)=NO. The molecule has 0 fully saturated rings. The highest BCUT2D eigenvalue weighted by Crippen LogP contribution is 2.24. The van der Waals surface area contributed by atoms with Crippen LogP contribution in [0.2, 0.25) is 0 Å². The molecule has 0 saturated heterocycles. The van der Waals surface area contributed by atoms with E-state index in [1.807, 2.05) is 6.92 Å². The van der Waals surface area contributed by atoms with Gasteiger partial charge in [0.15, 0.2) is 0 Å². The largest absolute Gasteiger partial charge is 0.409 e. The van der Waals surface area contributed by atoms with Crippen molar-refractivity contribution in [2.75, 3.05) is 11.9 Å². The number of fused-ring (bicyclic) bond motifs is 1. The van der Waals surface area contributed by atoms with Crippen molar-refractivity contribution in [3.63, 3.8) is 0 Å². The van der Waals surface area contributed by atoms with Gasteiger partial charge in [-0.15, -0.1) is 0 Å². The topological polar surface area (TPSA) is 70.6 Å². The summed E-state index contributed by atoms with van der Waals surface area (Å²) in [5.41, 5.74) is 9.57. The minimum atomic E-state index is 0.0215. The maximum atomic E-state index is 8.56. The van der Waals surface area contributed by atoms with Crippen LogP contribution in [-0.4, -0.2) is 17.6 Å². The molecule has 4 N–H and O–H groups in total. The number of anilines is 1. The van der Waals surface area contributed by atoms with Gasteiger partial charge in [-0.2, -0.15) is 0 Å². The zero-order valence-corrected chi connectivity index (χ0v) is 10.1. The number of hydrogen-bond acceptors (Lipinski definition) is 3. The van der Waals surface area contributed by atoms with Crippen LogP contribution >= 0.6 is 0 Å². The number of aryl methyl sites for hydroxylation is 2. The summed E-state index contributed by atoms with van der Waals surface area (Å²) in [4.78, 5) is 0. The molecule has 0 aliphatic heterocycles. The Bertz CT molecular complexity index is 429. The van der Waals surface area contributed by atoms with E-state index in [-0.39, 0.29) is 11.8 Å². The second-order valence-corrected chi connectivity index (χ2v) is 4.64. The molecule has 1 atom stereocenters. The van der Waals surface area contributed by atoms with Crippen LogP contribution in [0.3, 0.4) is 0 Å². The lowest BCUT2D eigenvalue weighted by atomic mass is 10.1. The predicted molar refractivity (Wildman–Crippen MR) is 69.5 cm³/mol. The quantitative estimate of drug-likeness (QED) is 0.322. The fourth-order valence-corrected chi connectivity index (χ4v) is 2.16. The molecule has 0 radical (unpaired) electrons. The first kappa shape index (κ1) is 11.8. The van der Waals surface area contributed by atoms with Crippen LogP contribution in [0.25, 0.3) is 0 Å². The molecule has 1 unspecified atom stereocenters.